The first-order valence-electron chi connectivity index (χ1n) is 9.63. The van der Waals surface area contributed by atoms with Crippen molar-refractivity contribution in [3.05, 3.63) is 72.4 Å². The minimum Gasteiger partial charge on any atom is -0.459 e. The first kappa shape index (κ1) is 18.5. The number of piperazine rings is 1. The van der Waals surface area contributed by atoms with Crippen LogP contribution in [0.5, 0.6) is 0 Å². The van der Waals surface area contributed by atoms with Crippen molar-refractivity contribution < 1.29 is 9.21 Å². The third kappa shape index (κ3) is 4.68. The fourth-order valence-corrected chi connectivity index (χ4v) is 3.43. The number of aromatic nitrogens is 2. The number of rotatable bonds is 7. The fraction of sp³-hybridized carbons (Fsp3) is 0.333. The summed E-state index contributed by atoms with van der Waals surface area (Å²) >= 11 is 0. The van der Waals surface area contributed by atoms with Gasteiger partial charge in [-0.3, -0.25) is 14.6 Å². The molecular formula is C21H25N5O2. The molecule has 0 bridgehead atoms. The van der Waals surface area contributed by atoms with Gasteiger partial charge in [-0.2, -0.15) is 5.10 Å². The Hall–Kier alpha value is -2.90. The normalized spacial score (nSPS) is 15.6. The van der Waals surface area contributed by atoms with E-state index in [1.165, 1.54) is 11.8 Å². The third-order valence-corrected chi connectivity index (χ3v) is 5.03. The number of benzene rings is 1. The van der Waals surface area contributed by atoms with Gasteiger partial charge in [-0.15, -0.1) is 0 Å². The summed E-state index contributed by atoms with van der Waals surface area (Å²) in [5.41, 5.74) is 2.39. The molecule has 146 valence electrons. The highest BCUT2D eigenvalue weighted by molar-refractivity contribution is 5.91. The molecule has 1 saturated heterocycles. The van der Waals surface area contributed by atoms with Crippen molar-refractivity contribution in [2.75, 3.05) is 39.3 Å². The molecule has 1 aromatic carbocycles. The van der Waals surface area contributed by atoms with Crippen molar-refractivity contribution in [2.45, 2.75) is 6.54 Å². The van der Waals surface area contributed by atoms with Crippen molar-refractivity contribution in [1.82, 2.24) is 24.9 Å². The van der Waals surface area contributed by atoms with Crippen LogP contribution in [0.15, 0.2) is 65.5 Å². The number of nitrogens with zero attached hydrogens (tertiary/aromatic N) is 4. The molecule has 1 aliphatic heterocycles. The van der Waals surface area contributed by atoms with Gasteiger partial charge in [0.15, 0.2) is 5.76 Å². The smallest absolute Gasteiger partial charge is 0.287 e. The lowest BCUT2D eigenvalue weighted by Gasteiger charge is -2.34. The molecule has 28 heavy (non-hydrogen) atoms. The van der Waals surface area contributed by atoms with E-state index in [1.54, 1.807) is 18.3 Å². The van der Waals surface area contributed by atoms with Crippen molar-refractivity contribution in [1.29, 1.82) is 0 Å². The molecule has 7 nitrogen and oxygen atoms in total. The molecule has 1 N–H and O–H groups in total. The minimum atomic E-state index is -0.151. The van der Waals surface area contributed by atoms with Crippen LogP contribution >= 0.6 is 0 Å². The van der Waals surface area contributed by atoms with Crippen LogP contribution in [0.4, 0.5) is 0 Å². The summed E-state index contributed by atoms with van der Waals surface area (Å²) in [6, 6.07) is 13.9. The van der Waals surface area contributed by atoms with Gasteiger partial charge in [-0.05, 0) is 35.9 Å². The quantitative estimate of drug-likeness (QED) is 0.680. The Balaban J connectivity index is 1.17. The van der Waals surface area contributed by atoms with Gasteiger partial charge in [-0.1, -0.05) is 12.1 Å². The van der Waals surface area contributed by atoms with E-state index in [4.69, 9.17) is 4.42 Å². The Morgan fingerprint density at radius 3 is 2.50 bits per heavy atom. The van der Waals surface area contributed by atoms with Crippen LogP contribution in [0, 0.1) is 0 Å². The highest BCUT2D eigenvalue weighted by Gasteiger charge is 2.17. The zero-order valence-corrected chi connectivity index (χ0v) is 15.8. The average molecular weight is 379 g/mol. The summed E-state index contributed by atoms with van der Waals surface area (Å²) in [5.74, 6) is 0.214. The number of nitrogens with one attached hydrogen (secondary N) is 1. The average Bonchev–Trinajstić information content (AvgIpc) is 3.44. The largest absolute Gasteiger partial charge is 0.459 e. The van der Waals surface area contributed by atoms with E-state index in [0.717, 1.165) is 45.0 Å². The molecule has 0 atom stereocenters. The van der Waals surface area contributed by atoms with Gasteiger partial charge in [0.05, 0.1) is 12.0 Å². The highest BCUT2D eigenvalue weighted by atomic mass is 16.3. The molecular weight excluding hydrogens is 354 g/mol. The molecule has 4 rings (SSSR count). The minimum absolute atomic E-state index is 0.151. The van der Waals surface area contributed by atoms with Crippen molar-refractivity contribution >= 4 is 5.91 Å². The summed E-state index contributed by atoms with van der Waals surface area (Å²) in [4.78, 5) is 16.7. The number of hydrogen-bond donors (Lipinski definition) is 1. The number of carbonyl (C=O) groups excluding carboxylic acids is 1. The highest BCUT2D eigenvalue weighted by Crippen LogP contribution is 2.12. The fourth-order valence-electron chi connectivity index (χ4n) is 3.43. The van der Waals surface area contributed by atoms with Crippen LogP contribution in [0.3, 0.4) is 0 Å². The van der Waals surface area contributed by atoms with E-state index < -0.39 is 0 Å². The first-order valence-corrected chi connectivity index (χ1v) is 9.63. The standard InChI is InChI=1S/C21H25N5O2/c27-21(20-3-1-16-28-20)22-9-11-24-12-14-25(15-13-24)17-18-4-6-19(7-5-18)26-10-2-8-23-26/h1-8,10,16H,9,11-15,17H2,(H,22,27). The van der Waals surface area contributed by atoms with E-state index in [2.05, 4.69) is 44.5 Å². The lowest BCUT2D eigenvalue weighted by Crippen LogP contribution is -2.48. The van der Waals surface area contributed by atoms with Crippen molar-refractivity contribution in [2.24, 2.45) is 0 Å². The van der Waals surface area contributed by atoms with Crippen LogP contribution in [-0.2, 0) is 6.54 Å². The molecule has 7 heteroatoms. The Bertz CT molecular complexity index is 851. The van der Waals surface area contributed by atoms with E-state index in [1.807, 2.05) is 16.9 Å². The monoisotopic (exact) mass is 379 g/mol. The molecule has 0 unspecified atom stereocenters. The summed E-state index contributed by atoms with van der Waals surface area (Å²) in [5, 5.41) is 7.16. The van der Waals surface area contributed by atoms with Gasteiger partial charge >= 0.3 is 0 Å². The van der Waals surface area contributed by atoms with Crippen LogP contribution in [0.25, 0.3) is 5.69 Å². The zero-order chi connectivity index (χ0) is 19.2. The molecule has 1 amide bonds. The predicted molar refractivity (Wildman–Crippen MR) is 106 cm³/mol. The third-order valence-electron chi connectivity index (χ3n) is 5.03. The second kappa shape index (κ2) is 8.86. The van der Waals surface area contributed by atoms with Crippen molar-refractivity contribution in [3.63, 3.8) is 0 Å². The zero-order valence-electron chi connectivity index (χ0n) is 15.8. The number of amides is 1. The van der Waals surface area contributed by atoms with Gasteiger partial charge in [-0.25, -0.2) is 4.68 Å². The van der Waals surface area contributed by atoms with Gasteiger partial charge in [0.25, 0.3) is 5.91 Å². The van der Waals surface area contributed by atoms with E-state index in [9.17, 15) is 4.79 Å². The lowest BCUT2D eigenvalue weighted by molar-refractivity contribution is 0.0907. The molecule has 0 radical (unpaired) electrons. The van der Waals surface area contributed by atoms with Crippen molar-refractivity contribution in [3.8, 4) is 5.69 Å². The van der Waals surface area contributed by atoms with Crippen LogP contribution in [0.1, 0.15) is 16.1 Å². The summed E-state index contributed by atoms with van der Waals surface area (Å²) < 4.78 is 6.97. The van der Waals surface area contributed by atoms with Gasteiger partial charge in [0.1, 0.15) is 0 Å². The van der Waals surface area contributed by atoms with E-state index in [0.29, 0.717) is 12.3 Å². The van der Waals surface area contributed by atoms with Crippen LogP contribution in [-0.4, -0.2) is 64.8 Å². The Kier molecular flexibility index (Phi) is 5.84. The number of carbonyl (C=O) groups is 1. The topological polar surface area (TPSA) is 66.5 Å². The molecule has 3 aromatic rings. The van der Waals surface area contributed by atoms with Gasteiger partial charge in [0.2, 0.25) is 0 Å². The molecule has 0 aliphatic carbocycles. The second-order valence-corrected chi connectivity index (χ2v) is 6.97. The summed E-state index contributed by atoms with van der Waals surface area (Å²) in [6.07, 6.45) is 5.25. The van der Waals surface area contributed by atoms with E-state index in [-0.39, 0.29) is 5.91 Å². The summed E-state index contributed by atoms with van der Waals surface area (Å²) in [7, 11) is 0. The Morgan fingerprint density at radius 2 is 1.82 bits per heavy atom. The van der Waals surface area contributed by atoms with Gasteiger partial charge in [0, 0.05) is 58.2 Å². The molecule has 3 heterocycles. The molecule has 0 saturated carbocycles. The Morgan fingerprint density at radius 1 is 1.04 bits per heavy atom. The summed E-state index contributed by atoms with van der Waals surface area (Å²) in [6.45, 7) is 6.56. The SMILES string of the molecule is O=C(NCCN1CCN(Cc2ccc(-n3cccn3)cc2)CC1)c1ccco1. The van der Waals surface area contributed by atoms with Crippen LogP contribution < -0.4 is 5.32 Å². The lowest BCUT2D eigenvalue weighted by atomic mass is 10.2. The molecule has 1 aliphatic rings. The maximum Gasteiger partial charge on any atom is 0.287 e. The molecule has 2 aromatic heterocycles. The second-order valence-electron chi connectivity index (χ2n) is 6.97. The number of furan rings is 1. The number of hydrogen-bond acceptors (Lipinski definition) is 5. The molecule has 0 spiro atoms. The predicted octanol–water partition coefficient (Wildman–Crippen LogP) is 2.01. The van der Waals surface area contributed by atoms with E-state index >= 15 is 0 Å². The maximum absolute atomic E-state index is 11.9. The molecule has 1 fully saturated rings. The van der Waals surface area contributed by atoms with Crippen LogP contribution in [0.2, 0.25) is 0 Å². The van der Waals surface area contributed by atoms with Gasteiger partial charge < -0.3 is 9.73 Å². The Labute approximate surface area is 164 Å². The maximum atomic E-state index is 11.9. The first-order chi connectivity index (χ1) is 13.8.